The highest BCUT2D eigenvalue weighted by atomic mass is 32.2. The molecule has 0 spiro atoms. The SMILES string of the molecule is C[C@@H](C=O)CSc1cccc2c1OCC2. The van der Waals surface area contributed by atoms with Crippen LogP contribution in [-0.4, -0.2) is 18.6 Å². The van der Waals surface area contributed by atoms with E-state index >= 15 is 0 Å². The molecule has 0 fully saturated rings. The topological polar surface area (TPSA) is 26.3 Å². The lowest BCUT2D eigenvalue weighted by Crippen LogP contribution is -1.98. The van der Waals surface area contributed by atoms with E-state index in [4.69, 9.17) is 4.74 Å². The maximum Gasteiger partial charge on any atom is 0.136 e. The minimum absolute atomic E-state index is 0.104. The molecule has 1 atom stereocenters. The standard InChI is InChI=1S/C12H14O2S/c1-9(7-13)8-15-11-4-2-3-10-5-6-14-12(10)11/h2-4,7,9H,5-6,8H2,1H3/t9-/m0/s1. The van der Waals surface area contributed by atoms with Crippen LogP contribution in [0, 0.1) is 5.92 Å². The van der Waals surface area contributed by atoms with Gasteiger partial charge in [0, 0.05) is 23.0 Å². The number of ether oxygens (including phenoxy) is 1. The van der Waals surface area contributed by atoms with Gasteiger partial charge in [-0.15, -0.1) is 11.8 Å². The minimum atomic E-state index is 0.104. The lowest BCUT2D eigenvalue weighted by Gasteiger charge is -2.08. The maximum atomic E-state index is 10.5. The Morgan fingerprint density at radius 2 is 2.47 bits per heavy atom. The first kappa shape index (κ1) is 10.6. The van der Waals surface area contributed by atoms with Crippen LogP contribution >= 0.6 is 11.8 Å². The van der Waals surface area contributed by atoms with Gasteiger partial charge in [0.1, 0.15) is 12.0 Å². The zero-order chi connectivity index (χ0) is 10.7. The monoisotopic (exact) mass is 222 g/mol. The van der Waals surface area contributed by atoms with E-state index in [1.807, 2.05) is 6.92 Å². The molecule has 0 N–H and O–H groups in total. The number of carbonyl (C=O) groups is 1. The second kappa shape index (κ2) is 4.71. The molecule has 1 aliphatic heterocycles. The van der Waals surface area contributed by atoms with Gasteiger partial charge in [0.2, 0.25) is 0 Å². The number of aldehydes is 1. The molecule has 15 heavy (non-hydrogen) atoms. The van der Waals surface area contributed by atoms with Crippen molar-refractivity contribution in [1.82, 2.24) is 0 Å². The summed E-state index contributed by atoms with van der Waals surface area (Å²) in [6.07, 6.45) is 2.00. The van der Waals surface area contributed by atoms with Gasteiger partial charge in [0.15, 0.2) is 0 Å². The van der Waals surface area contributed by atoms with Gasteiger partial charge < -0.3 is 9.53 Å². The van der Waals surface area contributed by atoms with E-state index in [2.05, 4.69) is 18.2 Å². The summed E-state index contributed by atoms with van der Waals surface area (Å²) in [4.78, 5) is 11.7. The maximum absolute atomic E-state index is 10.5. The van der Waals surface area contributed by atoms with E-state index in [-0.39, 0.29) is 5.92 Å². The van der Waals surface area contributed by atoms with Crippen molar-refractivity contribution in [2.24, 2.45) is 5.92 Å². The zero-order valence-electron chi connectivity index (χ0n) is 8.73. The number of benzene rings is 1. The molecule has 2 rings (SSSR count). The van der Waals surface area contributed by atoms with Crippen molar-refractivity contribution in [2.45, 2.75) is 18.2 Å². The van der Waals surface area contributed by atoms with E-state index in [0.717, 1.165) is 30.8 Å². The van der Waals surface area contributed by atoms with Crippen LogP contribution in [0.5, 0.6) is 5.75 Å². The fourth-order valence-electron chi connectivity index (χ4n) is 1.56. The summed E-state index contributed by atoms with van der Waals surface area (Å²) in [6.45, 7) is 2.72. The third kappa shape index (κ3) is 2.34. The average molecular weight is 222 g/mol. The van der Waals surface area contributed by atoms with Crippen LogP contribution in [-0.2, 0) is 11.2 Å². The average Bonchev–Trinajstić information content (AvgIpc) is 2.74. The van der Waals surface area contributed by atoms with Crippen LogP contribution in [0.25, 0.3) is 0 Å². The highest BCUT2D eigenvalue weighted by Gasteiger charge is 2.16. The van der Waals surface area contributed by atoms with Crippen molar-refractivity contribution >= 4 is 18.0 Å². The van der Waals surface area contributed by atoms with Crippen LogP contribution in [0.2, 0.25) is 0 Å². The number of hydrogen-bond donors (Lipinski definition) is 0. The minimum Gasteiger partial charge on any atom is -0.492 e. The van der Waals surface area contributed by atoms with Gasteiger partial charge in [-0.25, -0.2) is 0 Å². The Hall–Kier alpha value is -0.960. The summed E-state index contributed by atoms with van der Waals surface area (Å²) < 4.78 is 5.59. The van der Waals surface area contributed by atoms with Crippen molar-refractivity contribution in [1.29, 1.82) is 0 Å². The molecule has 0 aliphatic carbocycles. The Balaban J connectivity index is 2.09. The van der Waals surface area contributed by atoms with Gasteiger partial charge in [-0.05, 0) is 11.6 Å². The largest absolute Gasteiger partial charge is 0.492 e. The van der Waals surface area contributed by atoms with E-state index in [0.29, 0.717) is 0 Å². The molecule has 2 nitrogen and oxygen atoms in total. The van der Waals surface area contributed by atoms with Crippen molar-refractivity contribution in [3.63, 3.8) is 0 Å². The number of carbonyl (C=O) groups excluding carboxylic acids is 1. The normalized spacial score (nSPS) is 15.5. The van der Waals surface area contributed by atoms with Gasteiger partial charge in [-0.2, -0.15) is 0 Å². The van der Waals surface area contributed by atoms with E-state index < -0.39 is 0 Å². The summed E-state index contributed by atoms with van der Waals surface area (Å²) >= 11 is 1.70. The van der Waals surface area contributed by atoms with Gasteiger partial charge in [-0.1, -0.05) is 19.1 Å². The molecule has 1 aromatic rings. The van der Waals surface area contributed by atoms with Gasteiger partial charge >= 0.3 is 0 Å². The summed E-state index contributed by atoms with van der Waals surface area (Å²) in [5.41, 5.74) is 1.29. The second-order valence-electron chi connectivity index (χ2n) is 3.77. The van der Waals surface area contributed by atoms with E-state index in [1.54, 1.807) is 11.8 Å². The summed E-state index contributed by atoms with van der Waals surface area (Å²) in [5.74, 6) is 1.96. The number of hydrogen-bond acceptors (Lipinski definition) is 3. The Bertz CT molecular complexity index is 363. The second-order valence-corrected chi connectivity index (χ2v) is 4.83. The first-order chi connectivity index (χ1) is 7.31. The Morgan fingerprint density at radius 3 is 3.27 bits per heavy atom. The molecule has 3 heteroatoms. The lowest BCUT2D eigenvalue weighted by atomic mass is 10.2. The van der Waals surface area contributed by atoms with Crippen LogP contribution < -0.4 is 4.74 Å². The quantitative estimate of drug-likeness (QED) is 0.578. The predicted octanol–water partition coefficient (Wildman–Crippen LogP) is 2.55. The van der Waals surface area contributed by atoms with Crippen molar-refractivity contribution in [2.75, 3.05) is 12.4 Å². The first-order valence-electron chi connectivity index (χ1n) is 5.14. The number of thioether (sulfide) groups is 1. The molecule has 0 amide bonds. The van der Waals surface area contributed by atoms with Gasteiger partial charge in [-0.3, -0.25) is 0 Å². The van der Waals surface area contributed by atoms with Crippen LogP contribution in [0.15, 0.2) is 23.1 Å². The van der Waals surface area contributed by atoms with Crippen LogP contribution in [0.1, 0.15) is 12.5 Å². The number of para-hydroxylation sites is 1. The van der Waals surface area contributed by atoms with Crippen molar-refractivity contribution in [3.8, 4) is 5.75 Å². The molecule has 0 saturated carbocycles. The Morgan fingerprint density at radius 1 is 1.60 bits per heavy atom. The van der Waals surface area contributed by atoms with Crippen molar-refractivity contribution < 1.29 is 9.53 Å². The fraction of sp³-hybridized carbons (Fsp3) is 0.417. The number of fused-ring (bicyclic) bond motifs is 1. The zero-order valence-corrected chi connectivity index (χ0v) is 9.55. The van der Waals surface area contributed by atoms with Gasteiger partial charge in [0.25, 0.3) is 0 Å². The predicted molar refractivity (Wildman–Crippen MR) is 61.6 cm³/mol. The van der Waals surface area contributed by atoms with Crippen molar-refractivity contribution in [3.05, 3.63) is 23.8 Å². The molecule has 0 unspecified atom stereocenters. The van der Waals surface area contributed by atoms with Crippen LogP contribution in [0.4, 0.5) is 0 Å². The third-order valence-electron chi connectivity index (χ3n) is 2.41. The van der Waals surface area contributed by atoms with E-state index in [1.165, 1.54) is 10.5 Å². The highest BCUT2D eigenvalue weighted by Crippen LogP contribution is 2.36. The Kier molecular flexibility index (Phi) is 3.31. The molecule has 1 aromatic carbocycles. The Labute approximate surface area is 94.0 Å². The molecule has 0 bridgehead atoms. The molecule has 80 valence electrons. The molecular formula is C12H14O2S. The molecule has 0 radical (unpaired) electrons. The van der Waals surface area contributed by atoms with E-state index in [9.17, 15) is 4.79 Å². The molecular weight excluding hydrogens is 208 g/mol. The first-order valence-corrected chi connectivity index (χ1v) is 6.12. The lowest BCUT2D eigenvalue weighted by molar-refractivity contribution is -0.110. The molecule has 0 saturated heterocycles. The van der Waals surface area contributed by atoms with Crippen LogP contribution in [0.3, 0.4) is 0 Å². The summed E-state index contributed by atoms with van der Waals surface area (Å²) in [6, 6.07) is 6.23. The summed E-state index contributed by atoms with van der Waals surface area (Å²) in [7, 11) is 0. The molecule has 0 aromatic heterocycles. The van der Waals surface area contributed by atoms with Gasteiger partial charge in [0.05, 0.1) is 6.61 Å². The highest BCUT2D eigenvalue weighted by molar-refractivity contribution is 7.99. The smallest absolute Gasteiger partial charge is 0.136 e. The fourth-order valence-corrected chi connectivity index (χ4v) is 2.58. The summed E-state index contributed by atoms with van der Waals surface area (Å²) in [5, 5.41) is 0. The molecule has 1 aliphatic rings. The third-order valence-corrected chi connectivity index (χ3v) is 3.74. The number of rotatable bonds is 4. The molecule has 1 heterocycles.